The first kappa shape index (κ1) is 14.9. The monoisotopic (exact) mass is 356 g/mol. The van der Waals surface area contributed by atoms with Gasteiger partial charge in [-0.1, -0.05) is 45.8 Å². The summed E-state index contributed by atoms with van der Waals surface area (Å²) >= 11 is 3.50. The number of rotatable bonds is 4. The fourth-order valence-corrected chi connectivity index (χ4v) is 2.45. The molecule has 0 aliphatic carbocycles. The zero-order valence-electron chi connectivity index (χ0n) is 12.6. The van der Waals surface area contributed by atoms with Crippen molar-refractivity contribution in [3.05, 3.63) is 76.2 Å². The number of aromatic nitrogens is 2. The van der Waals surface area contributed by atoms with Gasteiger partial charge in [-0.3, -0.25) is 4.57 Å². The predicted octanol–water partition coefficient (Wildman–Crippen LogP) is 5.10. The van der Waals surface area contributed by atoms with E-state index in [2.05, 4.69) is 52.1 Å². The highest BCUT2D eigenvalue weighted by molar-refractivity contribution is 9.10. The van der Waals surface area contributed by atoms with Crippen LogP contribution in [0.2, 0.25) is 0 Å². The van der Waals surface area contributed by atoms with E-state index in [1.807, 2.05) is 29.7 Å². The van der Waals surface area contributed by atoms with Gasteiger partial charge >= 0.3 is 0 Å². The lowest BCUT2D eigenvalue weighted by molar-refractivity contribution is 0.435. The Morgan fingerprint density at radius 1 is 1.09 bits per heavy atom. The van der Waals surface area contributed by atoms with Crippen molar-refractivity contribution in [1.29, 1.82) is 0 Å². The first-order valence-corrected chi connectivity index (χ1v) is 7.91. The van der Waals surface area contributed by atoms with Gasteiger partial charge in [0.1, 0.15) is 5.75 Å². The van der Waals surface area contributed by atoms with Crippen LogP contribution in [0.4, 0.5) is 0 Å². The minimum Gasteiger partial charge on any atom is -0.439 e. The molecule has 0 saturated heterocycles. The van der Waals surface area contributed by atoms with Gasteiger partial charge in [0, 0.05) is 4.47 Å². The average Bonchev–Trinajstić information content (AvgIpc) is 2.92. The van der Waals surface area contributed by atoms with E-state index in [1.54, 1.807) is 12.5 Å². The minimum absolute atomic E-state index is 0.738. The molecular weight excluding hydrogens is 340 g/mol. The Morgan fingerprint density at radius 2 is 1.86 bits per heavy atom. The second kappa shape index (κ2) is 6.36. The Kier molecular flexibility index (Phi) is 4.29. The molecule has 3 aromatic rings. The summed E-state index contributed by atoms with van der Waals surface area (Å²) in [5.74, 6) is 1.55. The van der Waals surface area contributed by atoms with Crippen molar-refractivity contribution in [3.63, 3.8) is 0 Å². The lowest BCUT2D eigenvalue weighted by Crippen LogP contribution is -2.00. The van der Waals surface area contributed by atoms with Crippen LogP contribution in [0, 0.1) is 13.8 Å². The Morgan fingerprint density at radius 3 is 2.59 bits per heavy atom. The highest BCUT2D eigenvalue weighted by atomic mass is 79.9. The molecule has 0 unspecified atom stereocenters. The number of imidazole rings is 1. The summed E-state index contributed by atoms with van der Waals surface area (Å²) in [4.78, 5) is 4.20. The summed E-state index contributed by atoms with van der Waals surface area (Å²) in [5, 5.41) is 0. The lowest BCUT2D eigenvalue weighted by Gasteiger charge is -2.10. The third-order valence-electron chi connectivity index (χ3n) is 3.50. The molecule has 0 spiro atoms. The second-order valence-electron chi connectivity index (χ2n) is 5.36. The van der Waals surface area contributed by atoms with E-state index < -0.39 is 0 Å². The van der Waals surface area contributed by atoms with Crippen LogP contribution in [-0.4, -0.2) is 9.55 Å². The van der Waals surface area contributed by atoms with Gasteiger partial charge in [-0.2, -0.15) is 0 Å². The quantitative estimate of drug-likeness (QED) is 0.649. The molecule has 0 N–H and O–H groups in total. The Hall–Kier alpha value is -2.07. The van der Waals surface area contributed by atoms with E-state index in [0.717, 1.165) is 28.2 Å². The zero-order valence-corrected chi connectivity index (χ0v) is 14.2. The molecule has 0 bridgehead atoms. The zero-order chi connectivity index (χ0) is 15.5. The molecule has 0 aliphatic heterocycles. The maximum atomic E-state index is 5.96. The molecule has 1 heterocycles. The summed E-state index contributed by atoms with van der Waals surface area (Å²) in [6.45, 7) is 4.87. The Bertz CT molecular complexity index is 778. The number of ether oxygens (including phenoxy) is 1. The van der Waals surface area contributed by atoms with Gasteiger partial charge in [-0.25, -0.2) is 4.98 Å². The minimum atomic E-state index is 0.738. The molecule has 2 aromatic carbocycles. The summed E-state index contributed by atoms with van der Waals surface area (Å²) in [6, 6.07) is 14.4. The van der Waals surface area contributed by atoms with Gasteiger partial charge in [0.2, 0.25) is 5.88 Å². The smallest absolute Gasteiger partial charge is 0.219 e. The van der Waals surface area contributed by atoms with Gasteiger partial charge in [0.15, 0.2) is 0 Å². The van der Waals surface area contributed by atoms with Crippen molar-refractivity contribution in [3.8, 4) is 11.6 Å². The van der Waals surface area contributed by atoms with Crippen LogP contribution in [0.1, 0.15) is 16.7 Å². The van der Waals surface area contributed by atoms with Gasteiger partial charge in [-0.15, -0.1) is 0 Å². The standard InChI is InChI=1S/C18H17BrN2O/c1-13-3-5-15(6-4-13)11-21-12-20-10-18(21)22-16-7-8-17(19)14(2)9-16/h3-10,12H,11H2,1-2H3. The molecule has 3 nitrogen and oxygen atoms in total. The van der Waals surface area contributed by atoms with Crippen LogP contribution in [0.5, 0.6) is 11.6 Å². The number of hydrogen-bond acceptors (Lipinski definition) is 2. The van der Waals surface area contributed by atoms with Crippen molar-refractivity contribution in [2.45, 2.75) is 20.4 Å². The highest BCUT2D eigenvalue weighted by Crippen LogP contribution is 2.26. The van der Waals surface area contributed by atoms with E-state index in [0.29, 0.717) is 0 Å². The van der Waals surface area contributed by atoms with Gasteiger partial charge < -0.3 is 4.74 Å². The van der Waals surface area contributed by atoms with Gasteiger partial charge in [0.25, 0.3) is 0 Å². The third-order valence-corrected chi connectivity index (χ3v) is 4.39. The molecule has 112 valence electrons. The number of nitrogens with zero attached hydrogens (tertiary/aromatic N) is 2. The molecule has 1 aromatic heterocycles. The van der Waals surface area contributed by atoms with Crippen LogP contribution in [0.3, 0.4) is 0 Å². The van der Waals surface area contributed by atoms with Gasteiger partial charge in [-0.05, 0) is 43.2 Å². The highest BCUT2D eigenvalue weighted by Gasteiger charge is 2.06. The third kappa shape index (κ3) is 3.39. The molecule has 4 heteroatoms. The Labute approximate surface area is 138 Å². The topological polar surface area (TPSA) is 27.1 Å². The maximum absolute atomic E-state index is 5.96. The maximum Gasteiger partial charge on any atom is 0.219 e. The summed E-state index contributed by atoms with van der Waals surface area (Å²) in [5.41, 5.74) is 3.62. The van der Waals surface area contributed by atoms with E-state index in [4.69, 9.17) is 4.74 Å². The van der Waals surface area contributed by atoms with Crippen molar-refractivity contribution < 1.29 is 4.74 Å². The van der Waals surface area contributed by atoms with Crippen molar-refractivity contribution >= 4 is 15.9 Å². The predicted molar refractivity (Wildman–Crippen MR) is 91.5 cm³/mol. The van der Waals surface area contributed by atoms with Crippen LogP contribution in [-0.2, 0) is 6.54 Å². The summed E-state index contributed by atoms with van der Waals surface area (Å²) in [7, 11) is 0. The van der Waals surface area contributed by atoms with E-state index >= 15 is 0 Å². The van der Waals surface area contributed by atoms with Crippen LogP contribution in [0.15, 0.2) is 59.5 Å². The fraction of sp³-hybridized carbons (Fsp3) is 0.167. The van der Waals surface area contributed by atoms with E-state index in [-0.39, 0.29) is 0 Å². The van der Waals surface area contributed by atoms with Crippen LogP contribution >= 0.6 is 15.9 Å². The Balaban J connectivity index is 1.79. The molecule has 0 aliphatic rings. The molecular formula is C18H17BrN2O. The normalized spacial score (nSPS) is 10.7. The first-order chi connectivity index (χ1) is 10.6. The molecule has 3 rings (SSSR count). The van der Waals surface area contributed by atoms with Crippen LogP contribution in [0.25, 0.3) is 0 Å². The largest absolute Gasteiger partial charge is 0.439 e. The van der Waals surface area contributed by atoms with Crippen molar-refractivity contribution in [2.24, 2.45) is 0 Å². The molecule has 0 amide bonds. The molecule has 0 fully saturated rings. The van der Waals surface area contributed by atoms with Gasteiger partial charge in [0.05, 0.1) is 19.1 Å². The SMILES string of the molecule is Cc1ccc(Cn2cncc2Oc2ccc(Br)c(C)c2)cc1. The number of benzene rings is 2. The molecule has 22 heavy (non-hydrogen) atoms. The average molecular weight is 357 g/mol. The van der Waals surface area contributed by atoms with Crippen LogP contribution < -0.4 is 4.74 Å². The molecule has 0 radical (unpaired) electrons. The first-order valence-electron chi connectivity index (χ1n) is 7.11. The number of hydrogen-bond donors (Lipinski definition) is 0. The van der Waals surface area contributed by atoms with E-state index in [1.165, 1.54) is 11.1 Å². The number of aryl methyl sites for hydroxylation is 2. The van der Waals surface area contributed by atoms with Crippen molar-refractivity contribution in [2.75, 3.05) is 0 Å². The lowest BCUT2D eigenvalue weighted by atomic mass is 10.1. The molecule has 0 saturated carbocycles. The molecule has 0 atom stereocenters. The second-order valence-corrected chi connectivity index (χ2v) is 6.21. The fourth-order valence-electron chi connectivity index (χ4n) is 2.20. The number of halogens is 1. The summed E-state index contributed by atoms with van der Waals surface area (Å²) in [6.07, 6.45) is 3.53. The van der Waals surface area contributed by atoms with E-state index in [9.17, 15) is 0 Å². The van der Waals surface area contributed by atoms with Crippen molar-refractivity contribution in [1.82, 2.24) is 9.55 Å². The summed E-state index contributed by atoms with van der Waals surface area (Å²) < 4.78 is 9.04.